The number of carboxylic acid groups (broad SMARTS) is 1. The molecule has 2 unspecified atom stereocenters. The molecule has 0 aliphatic carbocycles. The van der Waals surface area contributed by atoms with Crippen LogP contribution in [0.2, 0.25) is 0 Å². The standard InChI is InChI=1S/C9H12N4O4/c1-9(8(15)16)3-17-2-5(9)12-7(14)6-10-4-11-13-6/h4-5H,2-3H2,1H3,(H,12,14)(H,15,16)(H,10,11,13). The predicted octanol–water partition coefficient (Wildman–Crippen LogP) is -0.976. The fourth-order valence-corrected chi connectivity index (χ4v) is 1.63. The van der Waals surface area contributed by atoms with E-state index in [1.807, 2.05) is 0 Å². The molecule has 1 saturated heterocycles. The monoisotopic (exact) mass is 240 g/mol. The zero-order valence-electron chi connectivity index (χ0n) is 9.14. The van der Waals surface area contributed by atoms with Gasteiger partial charge in [-0.1, -0.05) is 0 Å². The van der Waals surface area contributed by atoms with Crippen LogP contribution in [0.3, 0.4) is 0 Å². The lowest BCUT2D eigenvalue weighted by Crippen LogP contribution is -2.49. The summed E-state index contributed by atoms with van der Waals surface area (Å²) in [6.07, 6.45) is 1.20. The van der Waals surface area contributed by atoms with E-state index in [9.17, 15) is 9.59 Å². The van der Waals surface area contributed by atoms with E-state index in [-0.39, 0.29) is 19.0 Å². The Hall–Kier alpha value is -1.96. The number of nitrogens with zero attached hydrogens (tertiary/aromatic N) is 2. The number of aromatic nitrogens is 3. The molecule has 2 atom stereocenters. The van der Waals surface area contributed by atoms with Crippen molar-refractivity contribution < 1.29 is 19.4 Å². The molecule has 0 bridgehead atoms. The van der Waals surface area contributed by atoms with Crippen molar-refractivity contribution in [3.05, 3.63) is 12.2 Å². The number of carbonyl (C=O) groups is 2. The lowest BCUT2D eigenvalue weighted by molar-refractivity contribution is -0.148. The third-order valence-electron chi connectivity index (χ3n) is 2.88. The number of hydrogen-bond acceptors (Lipinski definition) is 5. The van der Waals surface area contributed by atoms with Crippen molar-refractivity contribution in [3.63, 3.8) is 0 Å². The number of carboxylic acids is 1. The van der Waals surface area contributed by atoms with Crippen LogP contribution in [0.4, 0.5) is 0 Å². The molecule has 1 aliphatic heterocycles. The molecule has 17 heavy (non-hydrogen) atoms. The van der Waals surface area contributed by atoms with E-state index >= 15 is 0 Å². The number of carbonyl (C=O) groups excluding carboxylic acids is 1. The van der Waals surface area contributed by atoms with Gasteiger partial charge in [0, 0.05) is 0 Å². The molecule has 92 valence electrons. The van der Waals surface area contributed by atoms with Crippen molar-refractivity contribution >= 4 is 11.9 Å². The average Bonchev–Trinajstić information content (AvgIpc) is 2.89. The Morgan fingerprint density at radius 3 is 3.06 bits per heavy atom. The van der Waals surface area contributed by atoms with Gasteiger partial charge in [0.15, 0.2) is 0 Å². The van der Waals surface area contributed by atoms with Crippen molar-refractivity contribution in [3.8, 4) is 0 Å². The molecule has 2 rings (SSSR count). The van der Waals surface area contributed by atoms with E-state index in [0.29, 0.717) is 0 Å². The lowest BCUT2D eigenvalue weighted by atomic mass is 9.85. The van der Waals surface area contributed by atoms with Crippen LogP contribution >= 0.6 is 0 Å². The van der Waals surface area contributed by atoms with Crippen LogP contribution in [-0.2, 0) is 9.53 Å². The highest BCUT2D eigenvalue weighted by Gasteiger charge is 2.47. The van der Waals surface area contributed by atoms with Gasteiger partial charge < -0.3 is 15.2 Å². The smallest absolute Gasteiger partial charge is 0.313 e. The number of aliphatic carboxylic acids is 1. The fourth-order valence-electron chi connectivity index (χ4n) is 1.63. The topological polar surface area (TPSA) is 117 Å². The molecular weight excluding hydrogens is 228 g/mol. The molecule has 8 heteroatoms. The highest BCUT2D eigenvalue weighted by atomic mass is 16.5. The fraction of sp³-hybridized carbons (Fsp3) is 0.556. The van der Waals surface area contributed by atoms with Crippen LogP contribution in [0.25, 0.3) is 0 Å². The van der Waals surface area contributed by atoms with E-state index in [2.05, 4.69) is 20.5 Å². The number of nitrogens with one attached hydrogen (secondary N) is 2. The zero-order chi connectivity index (χ0) is 12.5. The SMILES string of the molecule is CC1(C(=O)O)COCC1NC(=O)c1ncn[nH]1. The summed E-state index contributed by atoms with van der Waals surface area (Å²) in [4.78, 5) is 26.5. The Labute approximate surface area is 96.4 Å². The highest BCUT2D eigenvalue weighted by molar-refractivity contribution is 5.91. The first kappa shape index (κ1) is 11.5. The van der Waals surface area contributed by atoms with Gasteiger partial charge in [0.25, 0.3) is 5.91 Å². The predicted molar refractivity (Wildman–Crippen MR) is 54.2 cm³/mol. The van der Waals surface area contributed by atoms with E-state index < -0.39 is 23.3 Å². The van der Waals surface area contributed by atoms with E-state index in [1.165, 1.54) is 13.3 Å². The molecule has 8 nitrogen and oxygen atoms in total. The molecule has 1 aromatic rings. The van der Waals surface area contributed by atoms with Gasteiger partial charge in [-0.25, -0.2) is 4.98 Å². The minimum atomic E-state index is -1.12. The average molecular weight is 240 g/mol. The van der Waals surface area contributed by atoms with Crippen molar-refractivity contribution in [2.45, 2.75) is 13.0 Å². The summed E-state index contributed by atoms with van der Waals surface area (Å²) in [6, 6.07) is -0.586. The Balaban J connectivity index is 2.09. The van der Waals surface area contributed by atoms with Gasteiger partial charge >= 0.3 is 5.97 Å². The summed E-state index contributed by atoms with van der Waals surface area (Å²) in [5, 5.41) is 17.6. The van der Waals surface area contributed by atoms with E-state index in [4.69, 9.17) is 9.84 Å². The molecule has 1 aliphatic rings. The molecule has 2 heterocycles. The second-order valence-electron chi connectivity index (χ2n) is 4.10. The van der Waals surface area contributed by atoms with Crippen molar-refractivity contribution in [1.82, 2.24) is 20.5 Å². The maximum atomic E-state index is 11.7. The van der Waals surface area contributed by atoms with Gasteiger partial charge in [-0.05, 0) is 6.92 Å². The minimum absolute atomic E-state index is 0.0460. The van der Waals surface area contributed by atoms with Crippen LogP contribution in [0.1, 0.15) is 17.5 Å². The van der Waals surface area contributed by atoms with Crippen LogP contribution in [0.15, 0.2) is 6.33 Å². The first-order valence-corrected chi connectivity index (χ1v) is 5.01. The summed E-state index contributed by atoms with van der Waals surface area (Å²) in [5.74, 6) is -1.45. The molecule has 1 fully saturated rings. The number of hydrogen-bond donors (Lipinski definition) is 3. The van der Waals surface area contributed by atoms with Crippen LogP contribution in [0, 0.1) is 5.41 Å². The largest absolute Gasteiger partial charge is 0.481 e. The normalized spacial score (nSPS) is 27.9. The van der Waals surface area contributed by atoms with Crippen LogP contribution in [0.5, 0.6) is 0 Å². The minimum Gasteiger partial charge on any atom is -0.481 e. The van der Waals surface area contributed by atoms with Crippen LogP contribution < -0.4 is 5.32 Å². The van der Waals surface area contributed by atoms with E-state index in [1.54, 1.807) is 0 Å². The maximum absolute atomic E-state index is 11.7. The second-order valence-corrected chi connectivity index (χ2v) is 4.10. The van der Waals surface area contributed by atoms with Crippen molar-refractivity contribution in [1.29, 1.82) is 0 Å². The quantitative estimate of drug-likeness (QED) is 0.625. The molecule has 3 N–H and O–H groups in total. The molecule has 0 spiro atoms. The van der Waals surface area contributed by atoms with Gasteiger partial charge in [0.1, 0.15) is 11.7 Å². The highest BCUT2D eigenvalue weighted by Crippen LogP contribution is 2.28. The van der Waals surface area contributed by atoms with Gasteiger partial charge in [0.05, 0.1) is 19.3 Å². The maximum Gasteiger partial charge on any atom is 0.313 e. The van der Waals surface area contributed by atoms with Gasteiger partial charge in [-0.2, -0.15) is 5.10 Å². The Kier molecular flexibility index (Phi) is 2.80. The third kappa shape index (κ3) is 1.98. The Morgan fingerprint density at radius 1 is 1.71 bits per heavy atom. The molecule has 1 aromatic heterocycles. The molecule has 1 amide bonds. The number of ether oxygens (including phenoxy) is 1. The van der Waals surface area contributed by atoms with Crippen molar-refractivity contribution in [2.75, 3.05) is 13.2 Å². The number of H-pyrrole nitrogens is 1. The van der Waals surface area contributed by atoms with Gasteiger partial charge in [0.2, 0.25) is 5.82 Å². The molecule has 0 aromatic carbocycles. The summed E-state index contributed by atoms with van der Waals surface area (Å²) in [6.45, 7) is 1.78. The van der Waals surface area contributed by atoms with Gasteiger partial charge in [-0.3, -0.25) is 14.7 Å². The number of rotatable bonds is 3. The summed E-state index contributed by atoms with van der Waals surface area (Å²) < 4.78 is 5.11. The van der Waals surface area contributed by atoms with E-state index in [0.717, 1.165) is 0 Å². The third-order valence-corrected chi connectivity index (χ3v) is 2.88. The summed E-state index contributed by atoms with van der Waals surface area (Å²) in [5.41, 5.74) is -1.12. The van der Waals surface area contributed by atoms with Crippen molar-refractivity contribution in [2.24, 2.45) is 5.41 Å². The molecular formula is C9H12N4O4. The molecule has 0 saturated carbocycles. The summed E-state index contributed by atoms with van der Waals surface area (Å²) in [7, 11) is 0. The van der Waals surface area contributed by atoms with Gasteiger partial charge in [-0.15, -0.1) is 0 Å². The molecule has 0 radical (unpaired) electrons. The number of amides is 1. The second kappa shape index (κ2) is 4.13. The summed E-state index contributed by atoms with van der Waals surface area (Å²) >= 11 is 0. The lowest BCUT2D eigenvalue weighted by Gasteiger charge is -2.24. The zero-order valence-corrected chi connectivity index (χ0v) is 9.14. The Morgan fingerprint density at radius 2 is 2.47 bits per heavy atom. The number of aromatic amines is 1. The van der Waals surface area contributed by atoms with Crippen LogP contribution in [-0.4, -0.2) is 51.4 Å². The Bertz CT molecular complexity index is 432. The first-order valence-electron chi connectivity index (χ1n) is 5.01. The first-order chi connectivity index (χ1) is 8.04.